The normalized spacial score (nSPS) is 11.7. The molecule has 0 fully saturated rings. The number of rotatable bonds is 5. The molecule has 1 amide bonds. The molecule has 0 aliphatic carbocycles. The SMILES string of the molecule is CCCN(C)C(=O)C=Cc1cc2cnn(C(C)C)c2[nH]c1=O. The highest BCUT2D eigenvalue weighted by atomic mass is 16.2. The molecule has 2 rings (SSSR count). The largest absolute Gasteiger partial charge is 0.342 e. The van der Waals surface area contributed by atoms with Gasteiger partial charge >= 0.3 is 0 Å². The van der Waals surface area contributed by atoms with E-state index in [4.69, 9.17) is 0 Å². The van der Waals surface area contributed by atoms with Crippen LogP contribution < -0.4 is 5.56 Å². The number of carbonyl (C=O) groups excluding carboxylic acids is 1. The molecule has 22 heavy (non-hydrogen) atoms. The summed E-state index contributed by atoms with van der Waals surface area (Å²) >= 11 is 0. The highest BCUT2D eigenvalue weighted by Crippen LogP contribution is 2.15. The molecular weight excluding hydrogens is 280 g/mol. The molecule has 6 nitrogen and oxygen atoms in total. The van der Waals surface area contributed by atoms with E-state index in [1.165, 1.54) is 6.08 Å². The second kappa shape index (κ2) is 6.60. The Morgan fingerprint density at radius 1 is 1.50 bits per heavy atom. The van der Waals surface area contributed by atoms with Crippen molar-refractivity contribution < 1.29 is 4.79 Å². The van der Waals surface area contributed by atoms with Gasteiger partial charge in [-0.15, -0.1) is 0 Å². The third kappa shape index (κ3) is 3.27. The van der Waals surface area contributed by atoms with Crippen molar-refractivity contribution in [2.45, 2.75) is 33.2 Å². The van der Waals surface area contributed by atoms with Crippen LogP contribution in [0.25, 0.3) is 17.1 Å². The second-order valence-corrected chi connectivity index (χ2v) is 5.63. The molecular formula is C16H22N4O2. The van der Waals surface area contributed by atoms with Crippen molar-refractivity contribution in [2.75, 3.05) is 13.6 Å². The van der Waals surface area contributed by atoms with Crippen LogP contribution in [0, 0.1) is 0 Å². The fourth-order valence-electron chi connectivity index (χ4n) is 2.27. The van der Waals surface area contributed by atoms with E-state index in [1.54, 1.807) is 35.0 Å². The van der Waals surface area contributed by atoms with Gasteiger partial charge in [0.15, 0.2) is 0 Å². The molecule has 0 bridgehead atoms. The molecule has 0 atom stereocenters. The van der Waals surface area contributed by atoms with Crippen LogP contribution >= 0.6 is 0 Å². The van der Waals surface area contributed by atoms with Crippen molar-refractivity contribution in [3.63, 3.8) is 0 Å². The standard InChI is InChI=1S/C16H22N4O2/c1-5-8-19(4)14(21)7-6-12-9-13-10-17-20(11(2)3)15(13)18-16(12)22/h6-7,9-11H,5,8H2,1-4H3,(H,18,22). The van der Waals surface area contributed by atoms with Gasteiger partial charge in [0.2, 0.25) is 5.91 Å². The van der Waals surface area contributed by atoms with Crippen LogP contribution in [-0.4, -0.2) is 39.2 Å². The number of amides is 1. The quantitative estimate of drug-likeness (QED) is 0.861. The molecule has 2 aromatic rings. The smallest absolute Gasteiger partial charge is 0.256 e. The molecule has 1 N–H and O–H groups in total. The molecule has 0 unspecified atom stereocenters. The van der Waals surface area contributed by atoms with E-state index in [-0.39, 0.29) is 17.5 Å². The summed E-state index contributed by atoms with van der Waals surface area (Å²) in [5, 5.41) is 5.12. The van der Waals surface area contributed by atoms with Crippen LogP contribution in [0.1, 0.15) is 38.8 Å². The van der Waals surface area contributed by atoms with Crippen molar-refractivity contribution in [3.8, 4) is 0 Å². The number of aromatic nitrogens is 3. The van der Waals surface area contributed by atoms with E-state index in [0.29, 0.717) is 17.8 Å². The molecule has 0 spiro atoms. The Labute approximate surface area is 129 Å². The average molecular weight is 302 g/mol. The van der Waals surface area contributed by atoms with Gasteiger partial charge in [0.1, 0.15) is 5.65 Å². The Bertz CT molecular complexity index is 755. The number of fused-ring (bicyclic) bond motifs is 1. The summed E-state index contributed by atoms with van der Waals surface area (Å²) in [5.41, 5.74) is 0.928. The van der Waals surface area contributed by atoms with Gasteiger partial charge in [-0.05, 0) is 32.4 Å². The average Bonchev–Trinajstić information content (AvgIpc) is 2.87. The van der Waals surface area contributed by atoms with Crippen LogP contribution in [0.5, 0.6) is 0 Å². The summed E-state index contributed by atoms with van der Waals surface area (Å²) in [5.74, 6) is -0.112. The first kappa shape index (κ1) is 16.0. The van der Waals surface area contributed by atoms with E-state index >= 15 is 0 Å². The zero-order valence-electron chi connectivity index (χ0n) is 13.5. The van der Waals surface area contributed by atoms with Crippen LogP contribution in [0.4, 0.5) is 0 Å². The van der Waals surface area contributed by atoms with Crippen molar-refractivity contribution in [2.24, 2.45) is 0 Å². The topological polar surface area (TPSA) is 71.0 Å². The second-order valence-electron chi connectivity index (χ2n) is 5.63. The number of aromatic amines is 1. The van der Waals surface area contributed by atoms with Crippen LogP contribution in [0.2, 0.25) is 0 Å². The van der Waals surface area contributed by atoms with E-state index in [0.717, 1.165) is 11.8 Å². The Morgan fingerprint density at radius 3 is 2.86 bits per heavy atom. The minimum Gasteiger partial charge on any atom is -0.342 e. The van der Waals surface area contributed by atoms with Gasteiger partial charge in [0.05, 0.1) is 6.20 Å². The predicted molar refractivity (Wildman–Crippen MR) is 87.7 cm³/mol. The lowest BCUT2D eigenvalue weighted by atomic mass is 10.2. The zero-order valence-corrected chi connectivity index (χ0v) is 13.5. The molecule has 2 aromatic heterocycles. The van der Waals surface area contributed by atoms with Gasteiger partial charge in [-0.3, -0.25) is 9.59 Å². The third-order valence-corrected chi connectivity index (χ3v) is 3.46. The van der Waals surface area contributed by atoms with Gasteiger partial charge in [0, 0.05) is 36.7 Å². The summed E-state index contributed by atoms with van der Waals surface area (Å²) in [7, 11) is 1.75. The molecule has 0 radical (unpaired) electrons. The van der Waals surface area contributed by atoms with Crippen molar-refractivity contribution in [3.05, 3.63) is 34.3 Å². The molecule has 0 aliphatic heterocycles. The predicted octanol–water partition coefficient (Wildman–Crippen LogP) is 2.19. The monoisotopic (exact) mass is 302 g/mol. The molecule has 0 aliphatic rings. The maximum Gasteiger partial charge on any atom is 0.256 e. The fraction of sp³-hybridized carbons (Fsp3) is 0.438. The Kier molecular flexibility index (Phi) is 4.80. The molecule has 6 heteroatoms. The minimum atomic E-state index is -0.225. The first-order chi connectivity index (χ1) is 10.4. The number of nitrogens with one attached hydrogen (secondary N) is 1. The highest BCUT2D eigenvalue weighted by Gasteiger charge is 2.09. The van der Waals surface area contributed by atoms with Crippen LogP contribution in [0.15, 0.2) is 23.1 Å². The first-order valence-corrected chi connectivity index (χ1v) is 7.47. The summed E-state index contributed by atoms with van der Waals surface area (Å²) < 4.78 is 1.77. The number of H-pyrrole nitrogens is 1. The fourth-order valence-corrected chi connectivity index (χ4v) is 2.27. The molecule has 0 aromatic carbocycles. The van der Waals surface area contributed by atoms with Gasteiger partial charge < -0.3 is 9.88 Å². The summed E-state index contributed by atoms with van der Waals surface area (Å²) in [6.45, 7) is 6.71. The molecule has 0 saturated heterocycles. The minimum absolute atomic E-state index is 0.112. The lowest BCUT2D eigenvalue weighted by molar-refractivity contribution is -0.124. The van der Waals surface area contributed by atoms with Crippen molar-refractivity contribution in [1.29, 1.82) is 0 Å². The molecule has 118 valence electrons. The summed E-state index contributed by atoms with van der Waals surface area (Å²) in [4.78, 5) is 28.5. The molecule has 2 heterocycles. The maximum absolute atomic E-state index is 12.1. The van der Waals surface area contributed by atoms with E-state index in [2.05, 4.69) is 10.1 Å². The Hall–Kier alpha value is -2.37. The zero-order chi connectivity index (χ0) is 16.3. The number of hydrogen-bond donors (Lipinski definition) is 1. The van der Waals surface area contributed by atoms with Gasteiger partial charge in [-0.25, -0.2) is 4.68 Å². The van der Waals surface area contributed by atoms with Gasteiger partial charge in [-0.1, -0.05) is 6.92 Å². The van der Waals surface area contributed by atoms with Crippen molar-refractivity contribution in [1.82, 2.24) is 19.7 Å². The van der Waals surface area contributed by atoms with Gasteiger partial charge in [-0.2, -0.15) is 5.10 Å². The van der Waals surface area contributed by atoms with E-state index in [1.807, 2.05) is 20.8 Å². The van der Waals surface area contributed by atoms with Crippen LogP contribution in [0.3, 0.4) is 0 Å². The van der Waals surface area contributed by atoms with E-state index in [9.17, 15) is 9.59 Å². The molecule has 0 saturated carbocycles. The number of hydrogen-bond acceptors (Lipinski definition) is 3. The number of likely N-dealkylation sites (N-methyl/N-ethyl adjacent to an activating group) is 1. The van der Waals surface area contributed by atoms with Gasteiger partial charge in [0.25, 0.3) is 5.56 Å². The van der Waals surface area contributed by atoms with Crippen LogP contribution in [-0.2, 0) is 4.79 Å². The number of carbonyl (C=O) groups is 1. The summed E-state index contributed by atoms with van der Waals surface area (Å²) in [6, 6.07) is 1.92. The summed E-state index contributed by atoms with van der Waals surface area (Å²) in [6.07, 6.45) is 5.60. The Morgan fingerprint density at radius 2 is 2.23 bits per heavy atom. The lowest BCUT2D eigenvalue weighted by Crippen LogP contribution is -2.25. The highest BCUT2D eigenvalue weighted by molar-refractivity contribution is 5.92. The Balaban J connectivity index is 2.31. The maximum atomic E-state index is 12.1. The number of pyridine rings is 1. The lowest BCUT2D eigenvalue weighted by Gasteiger charge is -2.12. The van der Waals surface area contributed by atoms with Crippen molar-refractivity contribution >= 4 is 23.0 Å². The number of nitrogens with zero attached hydrogens (tertiary/aromatic N) is 3. The third-order valence-electron chi connectivity index (χ3n) is 3.46. The van der Waals surface area contributed by atoms with E-state index < -0.39 is 0 Å². The first-order valence-electron chi connectivity index (χ1n) is 7.47.